The van der Waals surface area contributed by atoms with Crippen molar-refractivity contribution in [3.63, 3.8) is 0 Å². The van der Waals surface area contributed by atoms with Gasteiger partial charge in [0.2, 0.25) is 0 Å². The van der Waals surface area contributed by atoms with Gasteiger partial charge in [-0.05, 0) is 68.3 Å². The third kappa shape index (κ3) is 6.14. The number of hydrogen-bond donors (Lipinski definition) is 1. The highest BCUT2D eigenvalue weighted by Gasteiger charge is 2.15. The third-order valence-corrected chi connectivity index (χ3v) is 5.44. The predicted octanol–water partition coefficient (Wildman–Crippen LogP) is 5.29. The number of halogens is 2. The minimum Gasteiger partial charge on any atom is -0.481 e. The van der Waals surface area contributed by atoms with Crippen LogP contribution < -0.4 is 10.1 Å². The summed E-state index contributed by atoms with van der Waals surface area (Å²) in [4.78, 5) is 13.3. The molecule has 3 nitrogen and oxygen atoms in total. The van der Waals surface area contributed by atoms with Gasteiger partial charge in [0.25, 0.3) is 5.91 Å². The van der Waals surface area contributed by atoms with E-state index in [0.29, 0.717) is 12.3 Å². The molecule has 2 rings (SSSR count). The van der Waals surface area contributed by atoms with Crippen LogP contribution in [0.3, 0.4) is 0 Å². The highest BCUT2D eigenvalue weighted by Crippen LogP contribution is 2.26. The van der Waals surface area contributed by atoms with Crippen LogP contribution in [0.2, 0.25) is 10.0 Å². The summed E-state index contributed by atoms with van der Waals surface area (Å²) >= 11 is 13.7. The Morgan fingerprint density at radius 1 is 1.16 bits per heavy atom. The molecule has 0 spiro atoms. The third-order valence-electron chi connectivity index (χ3n) is 3.58. The lowest BCUT2D eigenvalue weighted by Gasteiger charge is -2.16. The van der Waals surface area contributed by atoms with E-state index in [1.165, 1.54) is 0 Å². The fraction of sp³-hybridized carbons (Fsp3) is 0.316. The number of hydrogen-bond acceptors (Lipinski definition) is 3. The fourth-order valence-electron chi connectivity index (χ4n) is 2.25. The van der Waals surface area contributed by atoms with E-state index in [4.69, 9.17) is 27.9 Å². The summed E-state index contributed by atoms with van der Waals surface area (Å²) in [5, 5.41) is 4.33. The van der Waals surface area contributed by atoms with Gasteiger partial charge in [0.1, 0.15) is 5.75 Å². The molecule has 0 aliphatic rings. The normalized spacial score (nSPS) is 11.9. The number of ether oxygens (including phenoxy) is 1. The van der Waals surface area contributed by atoms with E-state index < -0.39 is 6.10 Å². The van der Waals surface area contributed by atoms with Crippen molar-refractivity contribution in [2.24, 2.45) is 0 Å². The highest BCUT2D eigenvalue weighted by molar-refractivity contribution is 7.99. The smallest absolute Gasteiger partial charge is 0.260 e. The van der Waals surface area contributed by atoms with Crippen LogP contribution in [0.1, 0.15) is 18.1 Å². The standard InChI is InChI=1S/C19H21Cl2NO2S/c1-12-10-16(11-13(2)18(12)21)24-14(3)19(23)22-8-9-25-17-6-4-15(20)5-7-17/h4-7,10-11,14H,8-9H2,1-3H3,(H,22,23)/t14-/m1/s1. The lowest BCUT2D eigenvalue weighted by molar-refractivity contribution is -0.127. The van der Waals surface area contributed by atoms with Crippen molar-refractivity contribution in [1.82, 2.24) is 5.32 Å². The molecule has 0 saturated carbocycles. The van der Waals surface area contributed by atoms with E-state index in [2.05, 4.69) is 5.32 Å². The number of carbonyl (C=O) groups excluding carboxylic acids is 1. The van der Waals surface area contributed by atoms with Crippen LogP contribution >= 0.6 is 35.0 Å². The van der Waals surface area contributed by atoms with E-state index in [0.717, 1.165) is 31.8 Å². The maximum absolute atomic E-state index is 12.2. The molecule has 0 aromatic heterocycles. The Labute approximate surface area is 163 Å². The van der Waals surface area contributed by atoms with E-state index in [9.17, 15) is 4.79 Å². The number of thioether (sulfide) groups is 1. The van der Waals surface area contributed by atoms with Crippen LogP contribution in [0, 0.1) is 13.8 Å². The SMILES string of the molecule is Cc1cc(O[C@H](C)C(=O)NCCSc2ccc(Cl)cc2)cc(C)c1Cl. The van der Waals surface area contributed by atoms with Crippen LogP contribution in [-0.2, 0) is 4.79 Å². The molecule has 1 N–H and O–H groups in total. The molecule has 0 heterocycles. The lowest BCUT2D eigenvalue weighted by Crippen LogP contribution is -2.37. The number of nitrogens with one attached hydrogen (secondary N) is 1. The molecule has 25 heavy (non-hydrogen) atoms. The van der Waals surface area contributed by atoms with E-state index in [-0.39, 0.29) is 5.91 Å². The Hall–Kier alpha value is -1.36. The predicted molar refractivity (Wildman–Crippen MR) is 106 cm³/mol. The summed E-state index contributed by atoms with van der Waals surface area (Å²) in [5.41, 5.74) is 1.87. The Morgan fingerprint density at radius 3 is 2.36 bits per heavy atom. The Kier molecular flexibility index (Phi) is 7.48. The first kappa shape index (κ1) is 20.0. The van der Waals surface area contributed by atoms with Crippen LogP contribution in [0.25, 0.3) is 0 Å². The van der Waals surface area contributed by atoms with Gasteiger partial charge in [-0.3, -0.25) is 4.79 Å². The first-order valence-corrected chi connectivity index (χ1v) is 9.70. The second kappa shape index (κ2) is 9.37. The van der Waals surface area contributed by atoms with Crippen molar-refractivity contribution in [2.75, 3.05) is 12.3 Å². The van der Waals surface area contributed by atoms with Crippen molar-refractivity contribution in [3.05, 3.63) is 57.6 Å². The second-order valence-electron chi connectivity index (χ2n) is 5.72. The first-order chi connectivity index (χ1) is 11.9. The van der Waals surface area contributed by atoms with Crippen LogP contribution in [-0.4, -0.2) is 24.3 Å². The largest absolute Gasteiger partial charge is 0.481 e. The maximum atomic E-state index is 12.2. The van der Waals surface area contributed by atoms with E-state index in [1.54, 1.807) is 18.7 Å². The van der Waals surface area contributed by atoms with Crippen molar-refractivity contribution in [1.29, 1.82) is 0 Å². The van der Waals surface area contributed by atoms with Gasteiger partial charge in [0.15, 0.2) is 6.10 Å². The molecule has 1 amide bonds. The quantitative estimate of drug-likeness (QED) is 0.509. The zero-order valence-corrected chi connectivity index (χ0v) is 16.8. The van der Waals surface area contributed by atoms with Crippen LogP contribution in [0.15, 0.2) is 41.3 Å². The number of benzene rings is 2. The molecule has 0 aliphatic heterocycles. The van der Waals surface area contributed by atoms with Gasteiger partial charge < -0.3 is 10.1 Å². The monoisotopic (exact) mass is 397 g/mol. The van der Waals surface area contributed by atoms with Crippen molar-refractivity contribution >= 4 is 40.9 Å². The van der Waals surface area contributed by atoms with Crippen molar-refractivity contribution in [2.45, 2.75) is 31.8 Å². The summed E-state index contributed by atoms with van der Waals surface area (Å²) in [7, 11) is 0. The molecule has 0 bridgehead atoms. The summed E-state index contributed by atoms with van der Waals surface area (Å²) in [5.74, 6) is 1.29. The molecular weight excluding hydrogens is 377 g/mol. The average Bonchev–Trinajstić information content (AvgIpc) is 2.57. The zero-order chi connectivity index (χ0) is 18.4. The van der Waals surface area contributed by atoms with Crippen LogP contribution in [0.4, 0.5) is 0 Å². The highest BCUT2D eigenvalue weighted by atomic mass is 35.5. The summed E-state index contributed by atoms with van der Waals surface area (Å²) in [6, 6.07) is 11.3. The van der Waals surface area contributed by atoms with E-state index in [1.807, 2.05) is 50.2 Å². The maximum Gasteiger partial charge on any atom is 0.260 e. The molecule has 0 unspecified atom stereocenters. The van der Waals surface area contributed by atoms with Gasteiger partial charge in [-0.15, -0.1) is 11.8 Å². The number of aryl methyl sites for hydroxylation is 2. The number of carbonyl (C=O) groups is 1. The fourth-order valence-corrected chi connectivity index (χ4v) is 3.25. The molecule has 6 heteroatoms. The average molecular weight is 398 g/mol. The summed E-state index contributed by atoms with van der Waals surface area (Å²) in [6.07, 6.45) is -0.569. The Morgan fingerprint density at radius 2 is 1.76 bits per heavy atom. The molecule has 134 valence electrons. The number of rotatable bonds is 7. The number of amides is 1. The van der Waals surface area contributed by atoms with Gasteiger partial charge in [0.05, 0.1) is 0 Å². The molecular formula is C19H21Cl2NO2S. The molecule has 0 saturated heterocycles. The lowest BCUT2D eigenvalue weighted by atomic mass is 10.1. The topological polar surface area (TPSA) is 38.3 Å². The first-order valence-electron chi connectivity index (χ1n) is 7.96. The molecule has 2 aromatic carbocycles. The minimum atomic E-state index is -0.569. The molecule has 0 radical (unpaired) electrons. The molecule has 2 aromatic rings. The van der Waals surface area contributed by atoms with Crippen LogP contribution in [0.5, 0.6) is 5.75 Å². The Bertz CT molecular complexity index is 712. The van der Waals surface area contributed by atoms with Gasteiger partial charge in [-0.2, -0.15) is 0 Å². The second-order valence-corrected chi connectivity index (χ2v) is 7.71. The summed E-state index contributed by atoms with van der Waals surface area (Å²) in [6.45, 7) is 6.14. The minimum absolute atomic E-state index is 0.137. The molecule has 1 atom stereocenters. The van der Waals surface area contributed by atoms with Gasteiger partial charge in [-0.25, -0.2) is 0 Å². The van der Waals surface area contributed by atoms with Gasteiger partial charge in [-0.1, -0.05) is 23.2 Å². The summed E-state index contributed by atoms with van der Waals surface area (Å²) < 4.78 is 5.73. The van der Waals surface area contributed by atoms with Gasteiger partial charge in [0, 0.05) is 27.2 Å². The zero-order valence-electron chi connectivity index (χ0n) is 14.4. The molecule has 0 aliphatic carbocycles. The molecule has 0 fully saturated rings. The van der Waals surface area contributed by atoms with Crippen molar-refractivity contribution < 1.29 is 9.53 Å². The van der Waals surface area contributed by atoms with Gasteiger partial charge >= 0.3 is 0 Å². The van der Waals surface area contributed by atoms with Crippen molar-refractivity contribution in [3.8, 4) is 5.75 Å². The van der Waals surface area contributed by atoms with E-state index >= 15 is 0 Å². The Balaban J connectivity index is 1.77.